The van der Waals surface area contributed by atoms with Crippen LogP contribution >= 0.6 is 11.6 Å². The van der Waals surface area contributed by atoms with Crippen LogP contribution in [0, 0.1) is 0 Å². The van der Waals surface area contributed by atoms with Gasteiger partial charge in [0.1, 0.15) is 0 Å². The third-order valence-electron chi connectivity index (χ3n) is 4.72. The molecule has 132 valence electrons. The number of likely N-dealkylation sites (N-methyl/N-ethyl adjacent to an activating group) is 1. The van der Waals surface area contributed by atoms with Gasteiger partial charge in [-0.2, -0.15) is 0 Å². The number of amides is 2. The second-order valence-electron chi connectivity index (χ2n) is 6.52. The minimum Gasteiger partial charge on any atom is -0.493 e. The molecule has 0 aliphatic carbocycles. The third kappa shape index (κ3) is 2.59. The fourth-order valence-corrected chi connectivity index (χ4v) is 3.74. The lowest BCUT2D eigenvalue weighted by molar-refractivity contribution is 0.0540. The standard InChI is InChI=1S/C17H17ClN2O5/c1-19-8-17(25-16(19)22)3-4-20(9-17)15(21)13-6-10-5-11(18)7-12(23-2)14(10)24-13/h5-7H,3-4,8-9H2,1-2H3/t17-/m1/s1. The number of hydrogen-bond acceptors (Lipinski definition) is 5. The minimum absolute atomic E-state index is 0.213. The van der Waals surface area contributed by atoms with E-state index < -0.39 is 5.60 Å². The zero-order valence-electron chi connectivity index (χ0n) is 13.9. The van der Waals surface area contributed by atoms with Crippen molar-refractivity contribution < 1.29 is 23.5 Å². The van der Waals surface area contributed by atoms with Gasteiger partial charge in [-0.05, 0) is 12.1 Å². The Morgan fingerprint density at radius 3 is 2.80 bits per heavy atom. The monoisotopic (exact) mass is 364 g/mol. The average Bonchev–Trinajstić information content (AvgIpc) is 3.24. The predicted molar refractivity (Wildman–Crippen MR) is 90.1 cm³/mol. The Kier molecular flexibility index (Phi) is 3.57. The number of carbonyl (C=O) groups excluding carboxylic acids is 2. The smallest absolute Gasteiger partial charge is 0.410 e. The van der Waals surface area contributed by atoms with Gasteiger partial charge < -0.3 is 23.7 Å². The average molecular weight is 365 g/mol. The van der Waals surface area contributed by atoms with Gasteiger partial charge in [-0.1, -0.05) is 11.6 Å². The molecule has 0 N–H and O–H groups in total. The van der Waals surface area contributed by atoms with Gasteiger partial charge in [-0.3, -0.25) is 4.79 Å². The van der Waals surface area contributed by atoms with E-state index in [0.717, 1.165) is 0 Å². The molecule has 2 aliphatic heterocycles. The summed E-state index contributed by atoms with van der Waals surface area (Å²) in [5, 5.41) is 1.21. The number of fused-ring (bicyclic) bond motifs is 1. The highest BCUT2D eigenvalue weighted by Crippen LogP contribution is 2.35. The summed E-state index contributed by atoms with van der Waals surface area (Å²) in [5.41, 5.74) is -0.134. The SMILES string of the molecule is COc1cc(Cl)cc2cc(C(=O)N3CC[C@@]4(CN(C)C(=O)O4)C3)oc12. The number of benzene rings is 1. The minimum atomic E-state index is -0.617. The molecule has 1 atom stereocenters. The first kappa shape index (κ1) is 16.1. The molecule has 3 heterocycles. The summed E-state index contributed by atoms with van der Waals surface area (Å²) in [4.78, 5) is 27.6. The van der Waals surface area contributed by atoms with Crippen LogP contribution in [0.3, 0.4) is 0 Å². The Labute approximate surface area is 149 Å². The quantitative estimate of drug-likeness (QED) is 0.819. The van der Waals surface area contributed by atoms with Gasteiger partial charge in [-0.15, -0.1) is 0 Å². The first-order valence-electron chi connectivity index (χ1n) is 7.91. The largest absolute Gasteiger partial charge is 0.493 e. The van der Waals surface area contributed by atoms with Crippen molar-refractivity contribution in [1.29, 1.82) is 0 Å². The number of rotatable bonds is 2. The van der Waals surface area contributed by atoms with Crippen LogP contribution in [-0.4, -0.2) is 61.2 Å². The first-order valence-corrected chi connectivity index (χ1v) is 8.29. The van der Waals surface area contributed by atoms with Crippen LogP contribution in [-0.2, 0) is 4.74 Å². The van der Waals surface area contributed by atoms with Crippen molar-refractivity contribution >= 4 is 34.6 Å². The molecule has 4 rings (SSSR count). The predicted octanol–water partition coefficient (Wildman–Crippen LogP) is 2.76. The fourth-order valence-electron chi connectivity index (χ4n) is 3.52. The van der Waals surface area contributed by atoms with Crippen LogP contribution in [0.5, 0.6) is 5.75 Å². The molecule has 2 amide bonds. The second kappa shape index (κ2) is 5.56. The van der Waals surface area contributed by atoms with Crippen LogP contribution in [0.15, 0.2) is 22.6 Å². The van der Waals surface area contributed by atoms with Crippen LogP contribution in [0.1, 0.15) is 17.0 Å². The van der Waals surface area contributed by atoms with Crippen molar-refractivity contribution in [2.45, 2.75) is 12.0 Å². The molecule has 1 aromatic carbocycles. The summed E-state index contributed by atoms with van der Waals surface area (Å²) in [5.74, 6) is 0.452. The third-order valence-corrected chi connectivity index (χ3v) is 4.94. The highest BCUT2D eigenvalue weighted by molar-refractivity contribution is 6.31. The molecule has 2 aliphatic rings. The summed E-state index contributed by atoms with van der Waals surface area (Å²) in [6.45, 7) is 1.35. The van der Waals surface area contributed by atoms with E-state index in [9.17, 15) is 9.59 Å². The van der Waals surface area contributed by atoms with Crippen LogP contribution in [0.2, 0.25) is 5.02 Å². The first-order chi connectivity index (χ1) is 11.9. The maximum Gasteiger partial charge on any atom is 0.410 e. The van der Waals surface area contributed by atoms with Gasteiger partial charge in [0, 0.05) is 36.5 Å². The number of furan rings is 1. The summed E-state index contributed by atoms with van der Waals surface area (Å²) in [6.07, 6.45) is 0.266. The number of halogens is 1. The topological polar surface area (TPSA) is 72.2 Å². The maximum absolute atomic E-state index is 12.8. The number of carbonyl (C=O) groups is 2. The van der Waals surface area contributed by atoms with Crippen molar-refractivity contribution in [2.24, 2.45) is 0 Å². The van der Waals surface area contributed by atoms with E-state index in [1.54, 1.807) is 30.1 Å². The highest BCUT2D eigenvalue weighted by atomic mass is 35.5. The molecular formula is C17H17ClN2O5. The summed E-state index contributed by atoms with van der Waals surface area (Å²) in [6, 6.07) is 5.02. The van der Waals surface area contributed by atoms with Gasteiger partial charge in [0.05, 0.1) is 20.2 Å². The Morgan fingerprint density at radius 1 is 1.32 bits per heavy atom. The molecule has 0 bridgehead atoms. The number of methoxy groups -OCH3 is 1. The van der Waals surface area contributed by atoms with Gasteiger partial charge >= 0.3 is 6.09 Å². The van der Waals surface area contributed by atoms with Crippen molar-refractivity contribution in [3.8, 4) is 5.75 Å². The van der Waals surface area contributed by atoms with Crippen LogP contribution in [0.25, 0.3) is 11.0 Å². The molecular weight excluding hydrogens is 348 g/mol. The summed E-state index contributed by atoms with van der Waals surface area (Å²) < 4.78 is 16.5. The fraction of sp³-hybridized carbons (Fsp3) is 0.412. The molecule has 1 spiro atoms. The van der Waals surface area contributed by atoms with E-state index in [1.807, 2.05) is 0 Å². The van der Waals surface area contributed by atoms with Crippen LogP contribution < -0.4 is 4.74 Å². The van der Waals surface area contributed by atoms with E-state index in [-0.39, 0.29) is 17.8 Å². The number of hydrogen-bond donors (Lipinski definition) is 0. The number of ether oxygens (including phenoxy) is 2. The molecule has 0 radical (unpaired) electrons. The van der Waals surface area contributed by atoms with E-state index in [1.165, 1.54) is 12.0 Å². The molecule has 0 unspecified atom stereocenters. The van der Waals surface area contributed by atoms with E-state index in [4.69, 9.17) is 25.5 Å². The zero-order chi connectivity index (χ0) is 17.8. The molecule has 1 aromatic heterocycles. The zero-order valence-corrected chi connectivity index (χ0v) is 14.6. The van der Waals surface area contributed by atoms with Gasteiger partial charge in [0.25, 0.3) is 5.91 Å². The number of nitrogens with zero attached hydrogens (tertiary/aromatic N) is 2. The van der Waals surface area contributed by atoms with Crippen LogP contribution in [0.4, 0.5) is 4.79 Å². The van der Waals surface area contributed by atoms with E-state index >= 15 is 0 Å². The Bertz CT molecular complexity index is 879. The molecule has 8 heteroatoms. The Hall–Kier alpha value is -2.41. The molecule has 0 saturated carbocycles. The Morgan fingerprint density at radius 2 is 2.12 bits per heavy atom. The van der Waals surface area contributed by atoms with Crippen molar-refractivity contribution in [3.05, 3.63) is 29.0 Å². The second-order valence-corrected chi connectivity index (χ2v) is 6.96. The highest BCUT2D eigenvalue weighted by Gasteiger charge is 2.49. The Balaban J connectivity index is 1.60. The van der Waals surface area contributed by atoms with E-state index in [0.29, 0.717) is 47.8 Å². The molecule has 25 heavy (non-hydrogen) atoms. The van der Waals surface area contributed by atoms with Crippen molar-refractivity contribution in [2.75, 3.05) is 33.8 Å². The van der Waals surface area contributed by atoms with E-state index in [2.05, 4.69) is 0 Å². The lowest BCUT2D eigenvalue weighted by Gasteiger charge is -2.21. The van der Waals surface area contributed by atoms with Crippen molar-refractivity contribution in [1.82, 2.24) is 9.80 Å². The lowest BCUT2D eigenvalue weighted by Crippen LogP contribution is -2.39. The molecule has 2 saturated heterocycles. The maximum atomic E-state index is 12.8. The lowest BCUT2D eigenvalue weighted by atomic mass is 10.0. The molecule has 7 nitrogen and oxygen atoms in total. The van der Waals surface area contributed by atoms with Gasteiger partial charge in [0.15, 0.2) is 22.7 Å². The summed E-state index contributed by atoms with van der Waals surface area (Å²) >= 11 is 6.06. The normalized spacial score (nSPS) is 22.9. The van der Waals surface area contributed by atoms with Crippen molar-refractivity contribution in [3.63, 3.8) is 0 Å². The molecule has 2 aromatic rings. The number of likely N-dealkylation sites (tertiary alicyclic amines) is 1. The summed E-state index contributed by atoms with van der Waals surface area (Å²) in [7, 11) is 3.21. The molecule has 2 fully saturated rings. The van der Waals surface area contributed by atoms with Gasteiger partial charge in [-0.25, -0.2) is 4.79 Å². The van der Waals surface area contributed by atoms with Gasteiger partial charge in [0.2, 0.25) is 0 Å².